The van der Waals surface area contributed by atoms with Crippen molar-refractivity contribution in [3.8, 4) is 0 Å². The number of carbonyl (C=O) groups excluding carboxylic acids is 3. The summed E-state index contributed by atoms with van der Waals surface area (Å²) in [5.74, 6) is -5.04. The Morgan fingerprint density at radius 1 is 0.897 bits per heavy atom. The lowest BCUT2D eigenvalue weighted by Gasteiger charge is -2.28. The van der Waals surface area contributed by atoms with Crippen molar-refractivity contribution in [2.24, 2.45) is 17.6 Å². The van der Waals surface area contributed by atoms with Crippen LogP contribution in [-0.4, -0.2) is 64.5 Å². The van der Waals surface area contributed by atoms with Gasteiger partial charge < -0.3 is 31.9 Å². The zero-order chi connectivity index (χ0) is 22.7. The van der Waals surface area contributed by atoms with E-state index in [2.05, 4.69) is 16.0 Å². The Morgan fingerprint density at radius 2 is 1.45 bits per heavy atom. The topological polar surface area (TPSA) is 188 Å². The largest absolute Gasteiger partial charge is 0.481 e. The van der Waals surface area contributed by atoms with E-state index in [4.69, 9.17) is 10.8 Å². The van der Waals surface area contributed by atoms with Gasteiger partial charge >= 0.3 is 11.9 Å². The molecule has 0 bridgehead atoms. The van der Waals surface area contributed by atoms with Crippen molar-refractivity contribution in [3.05, 3.63) is 0 Å². The van der Waals surface area contributed by atoms with Crippen molar-refractivity contribution in [2.75, 3.05) is 6.54 Å². The van der Waals surface area contributed by atoms with Crippen LogP contribution >= 0.6 is 0 Å². The molecule has 0 aromatic carbocycles. The molecule has 7 N–H and O–H groups in total. The van der Waals surface area contributed by atoms with E-state index < -0.39 is 54.2 Å². The van der Waals surface area contributed by atoms with Crippen LogP contribution in [0.2, 0.25) is 0 Å². The van der Waals surface area contributed by atoms with E-state index in [1.807, 2.05) is 0 Å². The Bertz CT molecular complexity index is 609. The lowest BCUT2D eigenvalue weighted by molar-refractivity contribution is -0.143. The standard InChI is InChI=1S/C18H32N4O7/c1-5-10(4)15(17(27)20-11(18(28)29)6-7-13(24)25)22-16(26)14(9(2)3)21-12(23)8-19/h9-11,14-15H,5-8,19H2,1-4H3,(H,20,27)(H,21,23)(H,22,26)(H,24,25)(H,28,29). The van der Waals surface area contributed by atoms with E-state index in [9.17, 15) is 29.1 Å². The zero-order valence-corrected chi connectivity index (χ0v) is 17.2. The molecule has 0 aliphatic heterocycles. The normalized spacial score (nSPS) is 15.0. The Morgan fingerprint density at radius 3 is 1.86 bits per heavy atom. The maximum Gasteiger partial charge on any atom is 0.326 e. The minimum absolute atomic E-state index is 0.284. The number of hydrogen-bond acceptors (Lipinski definition) is 6. The first-order valence-corrected chi connectivity index (χ1v) is 9.49. The van der Waals surface area contributed by atoms with Gasteiger partial charge in [-0.15, -0.1) is 0 Å². The van der Waals surface area contributed by atoms with Crippen molar-refractivity contribution in [2.45, 2.75) is 65.1 Å². The van der Waals surface area contributed by atoms with Crippen LogP contribution in [0.1, 0.15) is 47.0 Å². The molecule has 0 saturated carbocycles. The predicted octanol–water partition coefficient (Wildman–Crippen LogP) is -0.949. The van der Waals surface area contributed by atoms with Crippen LogP contribution in [0.25, 0.3) is 0 Å². The van der Waals surface area contributed by atoms with Gasteiger partial charge in [-0.25, -0.2) is 4.79 Å². The Kier molecular flexibility index (Phi) is 11.5. The number of carbonyl (C=O) groups is 5. The van der Waals surface area contributed by atoms with Gasteiger partial charge in [0, 0.05) is 6.42 Å². The molecule has 0 aliphatic rings. The van der Waals surface area contributed by atoms with Gasteiger partial charge in [-0.2, -0.15) is 0 Å². The molecule has 0 radical (unpaired) electrons. The number of rotatable bonds is 13. The fourth-order valence-corrected chi connectivity index (χ4v) is 2.50. The first-order valence-electron chi connectivity index (χ1n) is 9.49. The molecular weight excluding hydrogens is 384 g/mol. The molecule has 0 aromatic heterocycles. The molecule has 11 nitrogen and oxygen atoms in total. The number of carboxylic acid groups (broad SMARTS) is 2. The van der Waals surface area contributed by atoms with E-state index in [0.29, 0.717) is 6.42 Å². The summed E-state index contributed by atoms with van der Waals surface area (Å²) in [5.41, 5.74) is 5.27. The van der Waals surface area contributed by atoms with Gasteiger partial charge in [0.25, 0.3) is 0 Å². The number of nitrogens with one attached hydrogen (secondary N) is 3. The number of nitrogens with two attached hydrogens (primary N) is 1. The minimum atomic E-state index is -1.40. The number of hydrogen-bond donors (Lipinski definition) is 6. The highest BCUT2D eigenvalue weighted by molar-refractivity contribution is 5.93. The third-order valence-electron chi connectivity index (χ3n) is 4.51. The molecule has 0 saturated heterocycles. The molecule has 0 aliphatic carbocycles. The lowest BCUT2D eigenvalue weighted by atomic mass is 9.96. The van der Waals surface area contributed by atoms with Crippen molar-refractivity contribution >= 4 is 29.7 Å². The smallest absolute Gasteiger partial charge is 0.326 e. The first-order chi connectivity index (χ1) is 13.4. The van der Waals surface area contributed by atoms with Crippen molar-refractivity contribution in [1.29, 1.82) is 0 Å². The maximum atomic E-state index is 12.7. The fourth-order valence-electron chi connectivity index (χ4n) is 2.50. The van der Waals surface area contributed by atoms with Gasteiger partial charge in [-0.1, -0.05) is 34.1 Å². The highest BCUT2D eigenvalue weighted by atomic mass is 16.4. The molecule has 11 heteroatoms. The van der Waals surface area contributed by atoms with Crippen molar-refractivity contribution in [3.63, 3.8) is 0 Å². The summed E-state index contributed by atoms with van der Waals surface area (Å²) >= 11 is 0. The van der Waals surface area contributed by atoms with Gasteiger partial charge in [0.15, 0.2) is 0 Å². The van der Waals surface area contributed by atoms with Crippen LogP contribution in [0.4, 0.5) is 0 Å². The fraction of sp³-hybridized carbons (Fsp3) is 0.722. The van der Waals surface area contributed by atoms with Gasteiger partial charge in [0.1, 0.15) is 18.1 Å². The Hall–Kier alpha value is -2.69. The average molecular weight is 416 g/mol. The van der Waals surface area contributed by atoms with Crippen LogP contribution in [0.3, 0.4) is 0 Å². The van der Waals surface area contributed by atoms with Crippen LogP contribution in [0.5, 0.6) is 0 Å². The summed E-state index contributed by atoms with van der Waals surface area (Å²) in [5, 5.41) is 25.3. The third kappa shape index (κ3) is 9.37. The van der Waals surface area contributed by atoms with E-state index in [1.165, 1.54) is 0 Å². The van der Waals surface area contributed by atoms with Gasteiger partial charge in [-0.05, 0) is 18.3 Å². The van der Waals surface area contributed by atoms with Gasteiger partial charge in [0.05, 0.1) is 6.54 Å². The molecular formula is C18H32N4O7. The molecule has 0 rings (SSSR count). The Labute approximate surface area is 169 Å². The SMILES string of the molecule is CCC(C)C(NC(=O)C(NC(=O)CN)C(C)C)C(=O)NC(CCC(=O)O)C(=O)O. The Balaban J connectivity index is 5.38. The van der Waals surface area contributed by atoms with Gasteiger partial charge in [0.2, 0.25) is 17.7 Å². The number of aliphatic carboxylic acids is 2. The molecule has 3 amide bonds. The maximum absolute atomic E-state index is 12.7. The van der Waals surface area contributed by atoms with Crippen LogP contribution in [-0.2, 0) is 24.0 Å². The van der Waals surface area contributed by atoms with E-state index in [0.717, 1.165) is 0 Å². The van der Waals surface area contributed by atoms with E-state index in [-0.39, 0.29) is 24.8 Å². The van der Waals surface area contributed by atoms with E-state index in [1.54, 1.807) is 27.7 Å². The average Bonchev–Trinajstić information content (AvgIpc) is 2.65. The molecule has 4 atom stereocenters. The van der Waals surface area contributed by atoms with E-state index >= 15 is 0 Å². The zero-order valence-electron chi connectivity index (χ0n) is 17.2. The summed E-state index contributed by atoms with van der Waals surface area (Å²) in [7, 11) is 0. The molecule has 166 valence electrons. The highest BCUT2D eigenvalue weighted by Gasteiger charge is 2.33. The molecule has 0 heterocycles. The molecule has 4 unspecified atom stereocenters. The summed E-state index contributed by atoms with van der Waals surface area (Å²) < 4.78 is 0. The second kappa shape index (κ2) is 12.7. The number of amides is 3. The second-order valence-electron chi connectivity index (χ2n) is 7.20. The summed E-state index contributed by atoms with van der Waals surface area (Å²) in [6.45, 7) is 6.64. The highest BCUT2D eigenvalue weighted by Crippen LogP contribution is 2.11. The van der Waals surface area contributed by atoms with Gasteiger partial charge in [-0.3, -0.25) is 19.2 Å². The molecule has 0 aromatic rings. The van der Waals surface area contributed by atoms with Crippen LogP contribution in [0, 0.1) is 11.8 Å². The quantitative estimate of drug-likeness (QED) is 0.221. The van der Waals surface area contributed by atoms with Crippen molar-refractivity contribution < 1.29 is 34.2 Å². The van der Waals surface area contributed by atoms with Crippen molar-refractivity contribution in [1.82, 2.24) is 16.0 Å². The summed E-state index contributed by atoms with van der Waals surface area (Å²) in [6, 6.07) is -3.39. The summed E-state index contributed by atoms with van der Waals surface area (Å²) in [4.78, 5) is 58.9. The lowest BCUT2D eigenvalue weighted by Crippen LogP contribution is -2.59. The first kappa shape index (κ1) is 26.3. The molecule has 0 spiro atoms. The van der Waals surface area contributed by atoms with Crippen LogP contribution < -0.4 is 21.7 Å². The molecule has 29 heavy (non-hydrogen) atoms. The second-order valence-corrected chi connectivity index (χ2v) is 7.20. The monoisotopic (exact) mass is 416 g/mol. The minimum Gasteiger partial charge on any atom is -0.481 e. The van der Waals surface area contributed by atoms with Crippen LogP contribution in [0.15, 0.2) is 0 Å². The molecule has 0 fully saturated rings. The predicted molar refractivity (Wildman–Crippen MR) is 104 cm³/mol. The third-order valence-corrected chi connectivity index (χ3v) is 4.51. The number of carboxylic acids is 2. The summed E-state index contributed by atoms with van der Waals surface area (Å²) in [6.07, 6.45) is -0.219.